The molecule has 1 saturated heterocycles. The van der Waals surface area contributed by atoms with Crippen LogP contribution in [-0.4, -0.2) is 47.4 Å². The fourth-order valence-electron chi connectivity index (χ4n) is 3.78. The van der Waals surface area contributed by atoms with E-state index in [1.165, 1.54) is 6.08 Å². The summed E-state index contributed by atoms with van der Waals surface area (Å²) >= 11 is 1.74. The molecule has 4 rings (SSSR count). The van der Waals surface area contributed by atoms with Crippen LogP contribution in [0.3, 0.4) is 0 Å². The monoisotopic (exact) mass is 492 g/mol. The van der Waals surface area contributed by atoms with E-state index in [-0.39, 0.29) is 17.1 Å². The number of benzene rings is 2. The number of hydrogen-bond acceptors (Lipinski definition) is 6. The Labute approximate surface area is 203 Å². The van der Waals surface area contributed by atoms with Crippen molar-refractivity contribution >= 4 is 33.6 Å². The van der Waals surface area contributed by atoms with E-state index in [9.17, 15) is 18.5 Å². The van der Waals surface area contributed by atoms with E-state index < -0.39 is 21.8 Å². The first-order valence-electron chi connectivity index (χ1n) is 10.9. The van der Waals surface area contributed by atoms with E-state index in [0.717, 1.165) is 21.9 Å². The molecule has 9 heteroatoms. The zero-order chi connectivity index (χ0) is 24.1. The van der Waals surface area contributed by atoms with Gasteiger partial charge in [-0.25, -0.2) is 13.1 Å². The number of nitrogens with one attached hydrogen (secondary N) is 1. The first-order valence-corrected chi connectivity index (χ1v) is 13.7. The minimum Gasteiger partial charge on any atom is -0.348 e. The molecule has 1 atom stereocenters. The molecule has 0 saturated carbocycles. The summed E-state index contributed by atoms with van der Waals surface area (Å²) in [5, 5.41) is 17.1. The first kappa shape index (κ1) is 23.8. The molecule has 34 heavy (non-hydrogen) atoms. The lowest BCUT2D eigenvalue weighted by Gasteiger charge is -2.09. The van der Waals surface area contributed by atoms with Gasteiger partial charge < -0.3 is 5.32 Å². The van der Waals surface area contributed by atoms with Gasteiger partial charge in [-0.2, -0.15) is 10.4 Å². The van der Waals surface area contributed by atoms with E-state index in [1.54, 1.807) is 22.6 Å². The largest absolute Gasteiger partial charge is 0.348 e. The summed E-state index contributed by atoms with van der Waals surface area (Å²) in [5.41, 5.74) is 2.87. The summed E-state index contributed by atoms with van der Waals surface area (Å²) in [5.74, 6) is 0.331. The Morgan fingerprint density at radius 1 is 1.24 bits per heavy atom. The van der Waals surface area contributed by atoms with Crippen molar-refractivity contribution in [2.24, 2.45) is 0 Å². The number of nitrogens with zero attached hydrogens (tertiary/aromatic N) is 3. The van der Waals surface area contributed by atoms with Gasteiger partial charge in [0.15, 0.2) is 9.84 Å². The Bertz CT molecular complexity index is 1360. The van der Waals surface area contributed by atoms with Gasteiger partial charge in [-0.3, -0.25) is 4.79 Å². The highest BCUT2D eigenvalue weighted by atomic mass is 32.2. The van der Waals surface area contributed by atoms with Crippen molar-refractivity contribution in [2.45, 2.75) is 24.3 Å². The number of para-hydroxylation sites is 1. The van der Waals surface area contributed by atoms with Crippen LogP contribution in [0.25, 0.3) is 23.0 Å². The molecule has 3 aromatic rings. The van der Waals surface area contributed by atoms with Crippen LogP contribution in [0.5, 0.6) is 0 Å². The minimum atomic E-state index is -3.14. The summed E-state index contributed by atoms with van der Waals surface area (Å²) < 4.78 is 25.1. The molecular weight excluding hydrogens is 468 g/mol. The van der Waals surface area contributed by atoms with Crippen molar-refractivity contribution in [3.05, 3.63) is 71.9 Å². The molecule has 7 nitrogen and oxygen atoms in total. The number of amides is 1. The molecular formula is C25H24N4O3S2. The summed E-state index contributed by atoms with van der Waals surface area (Å²) in [6.07, 6.45) is 3.64. The van der Waals surface area contributed by atoms with Gasteiger partial charge in [-0.05, 0) is 42.5 Å². The van der Waals surface area contributed by atoms with E-state index in [0.29, 0.717) is 17.7 Å². The van der Waals surface area contributed by atoms with Gasteiger partial charge in [0, 0.05) is 28.3 Å². The molecule has 1 amide bonds. The molecule has 1 fully saturated rings. The van der Waals surface area contributed by atoms with Crippen molar-refractivity contribution < 1.29 is 13.2 Å². The van der Waals surface area contributed by atoms with Crippen LogP contribution < -0.4 is 5.32 Å². The standard InChI is InChI=1S/C25H24N4O3S2/c1-2-33-23-10-8-18(9-11-23)24-20(16-29(28-24)22-6-4-3-5-7-22)14-19(15-26)25(30)27-21-12-13-34(31,32)17-21/h3-11,14,16,21H,2,12-13,17H2,1H3,(H,27,30)/b19-14+/t21-/m1/s1. The fourth-order valence-corrected chi connectivity index (χ4v) is 6.12. The zero-order valence-electron chi connectivity index (χ0n) is 18.6. The lowest BCUT2D eigenvalue weighted by Crippen LogP contribution is -2.36. The highest BCUT2D eigenvalue weighted by Crippen LogP contribution is 2.28. The van der Waals surface area contributed by atoms with Crippen LogP contribution >= 0.6 is 11.8 Å². The number of rotatable bonds is 7. The van der Waals surface area contributed by atoms with Crippen molar-refractivity contribution in [3.63, 3.8) is 0 Å². The Balaban J connectivity index is 1.69. The van der Waals surface area contributed by atoms with Gasteiger partial charge in [0.2, 0.25) is 0 Å². The predicted octanol–water partition coefficient (Wildman–Crippen LogP) is 3.86. The Morgan fingerprint density at radius 3 is 2.59 bits per heavy atom. The Morgan fingerprint density at radius 2 is 1.97 bits per heavy atom. The summed E-state index contributed by atoms with van der Waals surface area (Å²) in [7, 11) is -3.14. The lowest BCUT2D eigenvalue weighted by molar-refractivity contribution is -0.117. The summed E-state index contributed by atoms with van der Waals surface area (Å²) in [6, 6.07) is 19.1. The molecule has 0 unspecified atom stereocenters. The molecule has 0 bridgehead atoms. The number of nitriles is 1. The molecule has 1 aliphatic heterocycles. The van der Waals surface area contributed by atoms with Crippen LogP contribution in [0.2, 0.25) is 0 Å². The number of hydrogen-bond donors (Lipinski definition) is 1. The second-order valence-corrected chi connectivity index (χ2v) is 11.5. The van der Waals surface area contributed by atoms with Gasteiger partial charge >= 0.3 is 0 Å². The van der Waals surface area contributed by atoms with Crippen LogP contribution in [0.15, 0.2) is 71.3 Å². The molecule has 174 valence electrons. The number of sulfone groups is 1. The fraction of sp³-hybridized carbons (Fsp3) is 0.240. The highest BCUT2D eigenvalue weighted by molar-refractivity contribution is 7.99. The lowest BCUT2D eigenvalue weighted by atomic mass is 10.1. The van der Waals surface area contributed by atoms with Crippen molar-refractivity contribution in [1.82, 2.24) is 15.1 Å². The number of carbonyl (C=O) groups excluding carboxylic acids is 1. The summed E-state index contributed by atoms with van der Waals surface area (Å²) in [6.45, 7) is 2.10. The average Bonchev–Trinajstić information content (AvgIpc) is 3.41. The van der Waals surface area contributed by atoms with Crippen molar-refractivity contribution in [3.8, 4) is 23.0 Å². The number of carbonyl (C=O) groups is 1. The molecule has 1 N–H and O–H groups in total. The van der Waals surface area contributed by atoms with Gasteiger partial charge in [-0.1, -0.05) is 37.3 Å². The van der Waals surface area contributed by atoms with Crippen LogP contribution in [0.1, 0.15) is 18.9 Å². The maximum atomic E-state index is 12.8. The van der Waals surface area contributed by atoms with Gasteiger partial charge in [-0.15, -0.1) is 11.8 Å². The third-order valence-electron chi connectivity index (χ3n) is 5.43. The second kappa shape index (κ2) is 10.3. The molecule has 0 aliphatic carbocycles. The van der Waals surface area contributed by atoms with Crippen molar-refractivity contribution in [2.75, 3.05) is 17.3 Å². The molecule has 1 aromatic heterocycles. The smallest absolute Gasteiger partial charge is 0.262 e. The normalized spacial score (nSPS) is 17.3. The van der Waals surface area contributed by atoms with E-state index in [1.807, 2.05) is 60.7 Å². The third-order valence-corrected chi connectivity index (χ3v) is 8.10. The molecule has 0 spiro atoms. The molecule has 2 heterocycles. The van der Waals surface area contributed by atoms with Gasteiger partial charge in [0.25, 0.3) is 5.91 Å². The molecule has 2 aromatic carbocycles. The average molecular weight is 493 g/mol. The quantitative estimate of drug-likeness (QED) is 0.305. The first-order chi connectivity index (χ1) is 16.4. The number of aromatic nitrogens is 2. The van der Waals surface area contributed by atoms with Crippen LogP contribution in [0.4, 0.5) is 0 Å². The topological polar surface area (TPSA) is 105 Å². The third kappa shape index (κ3) is 5.58. The minimum absolute atomic E-state index is 0.0455. The summed E-state index contributed by atoms with van der Waals surface area (Å²) in [4.78, 5) is 13.9. The van der Waals surface area contributed by atoms with E-state index >= 15 is 0 Å². The number of thioether (sulfide) groups is 1. The molecule has 1 aliphatic rings. The zero-order valence-corrected chi connectivity index (χ0v) is 20.3. The van der Waals surface area contributed by atoms with E-state index in [2.05, 4.69) is 12.2 Å². The van der Waals surface area contributed by atoms with Crippen LogP contribution in [-0.2, 0) is 14.6 Å². The Hall–Kier alpha value is -3.35. The van der Waals surface area contributed by atoms with Gasteiger partial charge in [0.1, 0.15) is 11.6 Å². The second-order valence-electron chi connectivity index (χ2n) is 7.91. The predicted molar refractivity (Wildman–Crippen MR) is 134 cm³/mol. The highest BCUT2D eigenvalue weighted by Gasteiger charge is 2.29. The van der Waals surface area contributed by atoms with E-state index in [4.69, 9.17) is 5.10 Å². The Kier molecular flexibility index (Phi) is 7.20. The maximum Gasteiger partial charge on any atom is 0.262 e. The van der Waals surface area contributed by atoms with Crippen LogP contribution in [0, 0.1) is 11.3 Å². The SMILES string of the molecule is CCSc1ccc(-c2nn(-c3ccccc3)cc2/C=C(\C#N)C(=O)N[C@@H]2CCS(=O)(=O)C2)cc1. The van der Waals surface area contributed by atoms with Crippen molar-refractivity contribution in [1.29, 1.82) is 5.26 Å². The molecule has 0 radical (unpaired) electrons. The maximum absolute atomic E-state index is 12.8. The van der Waals surface area contributed by atoms with Gasteiger partial charge in [0.05, 0.1) is 22.9 Å².